The molecular weight excluding hydrogens is 430 g/mol. The summed E-state index contributed by atoms with van der Waals surface area (Å²) in [5, 5.41) is 11.0. The van der Waals surface area contributed by atoms with Gasteiger partial charge in [0, 0.05) is 16.6 Å². The lowest BCUT2D eigenvalue weighted by Crippen LogP contribution is -2.38. The van der Waals surface area contributed by atoms with Crippen LogP contribution in [0.15, 0.2) is 33.9 Å². The topological polar surface area (TPSA) is 128 Å². The van der Waals surface area contributed by atoms with Crippen LogP contribution in [0, 0.1) is 0 Å². The maximum atomic E-state index is 11.8. The van der Waals surface area contributed by atoms with Gasteiger partial charge in [-0.05, 0) is 30.7 Å². The van der Waals surface area contributed by atoms with Crippen LogP contribution >= 0.6 is 23.4 Å². The smallest absolute Gasteiger partial charge is 0.316 e. The lowest BCUT2D eigenvalue weighted by molar-refractivity contribution is -0.146. The first-order chi connectivity index (χ1) is 13.3. The van der Waals surface area contributed by atoms with E-state index in [1.54, 1.807) is 24.3 Å². The van der Waals surface area contributed by atoms with Crippen LogP contribution in [0.5, 0.6) is 0 Å². The second kappa shape index (κ2) is 8.93. The van der Waals surface area contributed by atoms with E-state index in [1.807, 2.05) is 0 Å². The number of aromatic nitrogens is 2. The van der Waals surface area contributed by atoms with Gasteiger partial charge in [-0.25, -0.2) is 8.42 Å². The summed E-state index contributed by atoms with van der Waals surface area (Å²) in [4.78, 5) is 23.5. The van der Waals surface area contributed by atoms with Crippen molar-refractivity contribution in [3.05, 3.63) is 29.3 Å². The van der Waals surface area contributed by atoms with Crippen molar-refractivity contribution in [1.29, 1.82) is 0 Å². The molecular formula is C16H16ClN3O6S2. The summed E-state index contributed by atoms with van der Waals surface area (Å²) in [6.07, 6.45) is 0.366. The Bertz CT molecular complexity index is 961. The normalized spacial score (nSPS) is 18.0. The van der Waals surface area contributed by atoms with Gasteiger partial charge < -0.3 is 14.5 Å². The van der Waals surface area contributed by atoms with Crippen molar-refractivity contribution in [3.63, 3.8) is 0 Å². The maximum Gasteiger partial charge on any atom is 0.316 e. The van der Waals surface area contributed by atoms with Crippen molar-refractivity contribution in [2.75, 3.05) is 23.9 Å². The van der Waals surface area contributed by atoms with Crippen LogP contribution in [0.2, 0.25) is 5.02 Å². The van der Waals surface area contributed by atoms with Crippen LogP contribution in [0.3, 0.4) is 0 Å². The molecule has 1 N–H and O–H groups in total. The Hall–Kier alpha value is -2.11. The summed E-state index contributed by atoms with van der Waals surface area (Å²) in [7, 11) is -3.09. The molecule has 2 aromatic rings. The van der Waals surface area contributed by atoms with E-state index in [1.165, 1.54) is 0 Å². The molecule has 0 radical (unpaired) electrons. The van der Waals surface area contributed by atoms with Gasteiger partial charge in [-0.15, -0.1) is 10.2 Å². The van der Waals surface area contributed by atoms with Crippen LogP contribution in [-0.2, 0) is 24.2 Å². The molecule has 1 aliphatic rings. The number of nitrogens with one attached hydrogen (secondary N) is 1. The predicted molar refractivity (Wildman–Crippen MR) is 102 cm³/mol. The van der Waals surface area contributed by atoms with E-state index in [0.29, 0.717) is 22.9 Å². The fourth-order valence-corrected chi connectivity index (χ4v) is 4.82. The summed E-state index contributed by atoms with van der Waals surface area (Å²) >= 11 is 6.80. The van der Waals surface area contributed by atoms with Gasteiger partial charge in [0.2, 0.25) is 5.89 Å². The average Bonchev–Trinajstić information content (AvgIpc) is 3.25. The molecule has 2 heterocycles. The Morgan fingerprint density at radius 2 is 2.04 bits per heavy atom. The van der Waals surface area contributed by atoms with Crippen LogP contribution in [0.4, 0.5) is 0 Å². The molecule has 0 unspecified atom stereocenters. The Labute approximate surface area is 170 Å². The molecule has 1 saturated heterocycles. The van der Waals surface area contributed by atoms with E-state index in [9.17, 15) is 18.0 Å². The van der Waals surface area contributed by atoms with Crippen molar-refractivity contribution in [2.45, 2.75) is 17.7 Å². The summed E-state index contributed by atoms with van der Waals surface area (Å²) < 4.78 is 33.0. The summed E-state index contributed by atoms with van der Waals surface area (Å²) in [5.41, 5.74) is 0.692. The van der Waals surface area contributed by atoms with Gasteiger partial charge in [-0.3, -0.25) is 9.59 Å². The van der Waals surface area contributed by atoms with E-state index in [0.717, 1.165) is 11.8 Å². The summed E-state index contributed by atoms with van der Waals surface area (Å²) in [6, 6.07) is 6.41. The summed E-state index contributed by atoms with van der Waals surface area (Å²) in [5.74, 6) is -1.04. The molecule has 0 aliphatic carbocycles. The highest BCUT2D eigenvalue weighted by Crippen LogP contribution is 2.24. The standard InChI is InChI=1S/C16H16ClN3O6S2/c17-11-3-1-10(2-4-11)15-19-20-16(26-15)27-8-14(22)25-7-13(21)18-12-5-6-28(23,24)9-12/h1-4,12H,5-9H2,(H,18,21)/t12-/m0/s1. The van der Waals surface area contributed by atoms with E-state index in [4.69, 9.17) is 20.8 Å². The highest BCUT2D eigenvalue weighted by molar-refractivity contribution is 7.99. The van der Waals surface area contributed by atoms with Crippen molar-refractivity contribution in [2.24, 2.45) is 0 Å². The lowest BCUT2D eigenvalue weighted by Gasteiger charge is -2.10. The number of benzene rings is 1. The number of halogens is 1. The Balaban J connectivity index is 1.40. The van der Waals surface area contributed by atoms with Crippen molar-refractivity contribution >= 4 is 45.1 Å². The van der Waals surface area contributed by atoms with Gasteiger partial charge in [-0.2, -0.15) is 0 Å². The maximum absolute atomic E-state index is 11.8. The molecule has 0 bridgehead atoms. The number of rotatable bonds is 7. The molecule has 1 amide bonds. The SMILES string of the molecule is O=C(COC(=O)CSc1nnc(-c2ccc(Cl)cc2)o1)N[C@H]1CCS(=O)(=O)C1. The van der Waals surface area contributed by atoms with Crippen molar-refractivity contribution < 1.29 is 27.2 Å². The number of thioether (sulfide) groups is 1. The summed E-state index contributed by atoms with van der Waals surface area (Å²) in [6.45, 7) is -0.476. The Morgan fingerprint density at radius 1 is 1.29 bits per heavy atom. The third-order valence-electron chi connectivity index (χ3n) is 3.77. The quantitative estimate of drug-likeness (QED) is 0.495. The third kappa shape index (κ3) is 5.94. The number of carbonyl (C=O) groups is 2. The average molecular weight is 446 g/mol. The van der Waals surface area contributed by atoms with Crippen LogP contribution in [-0.4, -0.2) is 60.4 Å². The molecule has 1 fully saturated rings. The molecule has 9 nitrogen and oxygen atoms in total. The molecule has 1 aromatic carbocycles. The molecule has 150 valence electrons. The lowest BCUT2D eigenvalue weighted by atomic mass is 10.2. The van der Waals surface area contributed by atoms with Crippen molar-refractivity contribution in [1.82, 2.24) is 15.5 Å². The highest BCUT2D eigenvalue weighted by Gasteiger charge is 2.29. The minimum absolute atomic E-state index is 0.0521. The number of esters is 1. The molecule has 0 spiro atoms. The van der Waals surface area contributed by atoms with Gasteiger partial charge in [0.05, 0.1) is 11.5 Å². The van der Waals surface area contributed by atoms with Gasteiger partial charge in [0.15, 0.2) is 16.4 Å². The van der Waals surface area contributed by atoms with Crippen molar-refractivity contribution in [3.8, 4) is 11.5 Å². The van der Waals surface area contributed by atoms with E-state index >= 15 is 0 Å². The second-order valence-corrected chi connectivity index (χ2v) is 9.59. The molecule has 1 aromatic heterocycles. The highest BCUT2D eigenvalue weighted by atomic mass is 35.5. The third-order valence-corrected chi connectivity index (χ3v) is 6.58. The number of nitrogens with zero attached hydrogens (tertiary/aromatic N) is 2. The zero-order chi connectivity index (χ0) is 20.1. The number of hydrogen-bond donors (Lipinski definition) is 1. The van der Waals surface area contributed by atoms with E-state index in [-0.39, 0.29) is 22.5 Å². The number of amides is 1. The first-order valence-corrected chi connectivity index (χ1v) is 11.4. The predicted octanol–water partition coefficient (Wildman–Crippen LogP) is 1.33. The number of carbonyl (C=O) groups excluding carboxylic acids is 2. The van der Waals surface area contributed by atoms with Gasteiger partial charge in [0.25, 0.3) is 11.1 Å². The van der Waals surface area contributed by atoms with Gasteiger partial charge in [-0.1, -0.05) is 23.4 Å². The molecule has 3 rings (SSSR count). The molecule has 1 atom stereocenters. The minimum atomic E-state index is -3.09. The molecule has 1 aliphatic heterocycles. The Kier molecular flexibility index (Phi) is 6.57. The van der Waals surface area contributed by atoms with E-state index in [2.05, 4.69) is 15.5 Å². The van der Waals surface area contributed by atoms with Gasteiger partial charge >= 0.3 is 5.97 Å². The number of sulfone groups is 1. The zero-order valence-electron chi connectivity index (χ0n) is 14.5. The van der Waals surface area contributed by atoms with Crippen LogP contribution < -0.4 is 5.32 Å². The fourth-order valence-electron chi connectivity index (χ4n) is 2.46. The first-order valence-electron chi connectivity index (χ1n) is 8.18. The van der Waals surface area contributed by atoms with Crippen LogP contribution in [0.1, 0.15) is 6.42 Å². The second-order valence-electron chi connectivity index (χ2n) is 6.00. The monoisotopic (exact) mass is 445 g/mol. The first kappa shape index (κ1) is 20.6. The molecule has 0 saturated carbocycles. The molecule has 12 heteroatoms. The fraction of sp³-hybridized carbons (Fsp3) is 0.375. The van der Waals surface area contributed by atoms with E-state index < -0.39 is 34.4 Å². The Morgan fingerprint density at radius 3 is 2.71 bits per heavy atom. The number of hydrogen-bond acceptors (Lipinski definition) is 9. The van der Waals surface area contributed by atoms with Gasteiger partial charge in [0.1, 0.15) is 5.75 Å². The molecule has 28 heavy (non-hydrogen) atoms. The number of ether oxygens (including phenoxy) is 1. The minimum Gasteiger partial charge on any atom is -0.455 e. The van der Waals surface area contributed by atoms with Crippen LogP contribution in [0.25, 0.3) is 11.5 Å². The zero-order valence-corrected chi connectivity index (χ0v) is 16.8. The largest absolute Gasteiger partial charge is 0.455 e.